The van der Waals surface area contributed by atoms with Crippen molar-refractivity contribution in [1.82, 2.24) is 10.2 Å². The van der Waals surface area contributed by atoms with Gasteiger partial charge in [0.25, 0.3) is 0 Å². The van der Waals surface area contributed by atoms with Crippen LogP contribution in [0, 0.1) is 17.8 Å². The van der Waals surface area contributed by atoms with Gasteiger partial charge >= 0.3 is 0 Å². The van der Waals surface area contributed by atoms with Gasteiger partial charge in [0, 0.05) is 22.3 Å². The van der Waals surface area contributed by atoms with Crippen LogP contribution < -0.4 is 10.6 Å². The van der Waals surface area contributed by atoms with E-state index in [4.69, 9.17) is 0 Å². The van der Waals surface area contributed by atoms with Crippen LogP contribution in [0.15, 0.2) is 42.5 Å². The van der Waals surface area contributed by atoms with E-state index >= 15 is 0 Å². The zero-order chi connectivity index (χ0) is 27.2. The molecule has 3 heterocycles. The maximum absolute atomic E-state index is 14.3. The van der Waals surface area contributed by atoms with E-state index in [0.717, 1.165) is 23.6 Å². The van der Waals surface area contributed by atoms with Gasteiger partial charge in [-0.15, -0.1) is 11.8 Å². The number of nitrogens with zero attached hydrogens (tertiary/aromatic N) is 1. The predicted octanol–water partition coefficient (Wildman–Crippen LogP) is 4.18. The molecule has 2 aromatic rings. The molecule has 2 aromatic carbocycles. The van der Waals surface area contributed by atoms with Gasteiger partial charge in [-0.25, -0.2) is 0 Å². The van der Waals surface area contributed by atoms with Crippen LogP contribution in [-0.4, -0.2) is 67.8 Å². The second-order valence-electron chi connectivity index (χ2n) is 10.9. The summed E-state index contributed by atoms with van der Waals surface area (Å²) >= 11 is 5.42. The Labute approximate surface area is 236 Å². The van der Waals surface area contributed by atoms with Crippen molar-refractivity contribution in [3.63, 3.8) is 0 Å². The average molecular weight is 603 g/mol. The van der Waals surface area contributed by atoms with E-state index in [0.29, 0.717) is 18.7 Å². The smallest absolute Gasteiger partial charge is 0.248 e. The number of anilines is 1. The minimum absolute atomic E-state index is 0.00974. The first-order chi connectivity index (χ1) is 18.3. The summed E-state index contributed by atoms with van der Waals surface area (Å²) in [6.45, 7) is 6.34. The molecule has 3 aliphatic heterocycles. The van der Waals surface area contributed by atoms with Crippen molar-refractivity contribution in [2.45, 2.75) is 66.9 Å². The summed E-state index contributed by atoms with van der Waals surface area (Å²) in [6.07, 6.45) is 2.17. The summed E-state index contributed by atoms with van der Waals surface area (Å²) < 4.78 is -0.744. The van der Waals surface area contributed by atoms with E-state index in [1.165, 1.54) is 0 Å². The van der Waals surface area contributed by atoms with Crippen molar-refractivity contribution in [2.75, 3.05) is 18.5 Å². The Kier molecular flexibility index (Phi) is 7.82. The van der Waals surface area contributed by atoms with Crippen molar-refractivity contribution in [3.8, 4) is 0 Å². The van der Waals surface area contributed by atoms with Gasteiger partial charge in [0.15, 0.2) is 0 Å². The van der Waals surface area contributed by atoms with Crippen LogP contribution >= 0.6 is 27.7 Å². The fraction of sp³-hybridized carbons (Fsp3) is 0.552. The number of thioether (sulfide) groups is 1. The maximum atomic E-state index is 14.3. The highest BCUT2D eigenvalue weighted by molar-refractivity contribution is 9.09. The summed E-state index contributed by atoms with van der Waals surface area (Å²) in [4.78, 5) is 43.5. The number of aliphatic hydroxyl groups is 1. The Bertz CT molecular complexity index is 1240. The second-order valence-corrected chi connectivity index (χ2v) is 13.6. The first kappa shape index (κ1) is 27.5. The molecule has 38 heavy (non-hydrogen) atoms. The standard InChI is InChI=1S/C29H36BrN3O4S/c1-4-12-31-26(35)22-23-28(37)33(21(15-34)16(3)5-2)25(29(23)14-20(30)24(22)38-29)27(36)32-19-11-10-17-8-6-7-9-18(17)13-19/h6-11,13,16,20-25,34H,4-5,12,14-15H2,1-3H3,(H,31,35)(H,32,36)/t16-,20?,21-,22+,23-,24+,25?,29?/m0/s1. The Morgan fingerprint density at radius 2 is 1.92 bits per heavy atom. The number of alkyl halides is 1. The van der Waals surface area contributed by atoms with Crippen LogP contribution in [0.3, 0.4) is 0 Å². The van der Waals surface area contributed by atoms with Crippen molar-refractivity contribution in [2.24, 2.45) is 17.8 Å². The molecule has 3 unspecified atom stereocenters. The highest BCUT2D eigenvalue weighted by atomic mass is 79.9. The Hall–Kier alpha value is -2.10. The molecule has 7 nitrogen and oxygen atoms in total. The zero-order valence-corrected chi connectivity index (χ0v) is 24.4. The normalized spacial score (nSPS) is 31.3. The lowest BCUT2D eigenvalue weighted by Gasteiger charge is -2.39. The third-order valence-corrected chi connectivity index (χ3v) is 11.9. The monoisotopic (exact) mass is 601 g/mol. The molecule has 0 radical (unpaired) electrons. The number of rotatable bonds is 9. The van der Waals surface area contributed by atoms with Crippen LogP contribution in [0.5, 0.6) is 0 Å². The number of fused-ring (bicyclic) bond motifs is 2. The van der Waals surface area contributed by atoms with Crippen LogP contribution in [0.2, 0.25) is 0 Å². The Morgan fingerprint density at radius 1 is 1.18 bits per heavy atom. The molecule has 8 atom stereocenters. The van der Waals surface area contributed by atoms with Gasteiger partial charge in [0.2, 0.25) is 17.7 Å². The third-order valence-electron chi connectivity index (χ3n) is 8.69. The van der Waals surface area contributed by atoms with E-state index in [1.54, 1.807) is 16.7 Å². The lowest BCUT2D eigenvalue weighted by Crippen LogP contribution is -2.56. The van der Waals surface area contributed by atoms with Gasteiger partial charge in [-0.2, -0.15) is 0 Å². The van der Waals surface area contributed by atoms with Crippen molar-refractivity contribution in [1.29, 1.82) is 0 Å². The SMILES string of the molecule is CCCNC(=O)[C@H]1[C@@H]2SC3(CC2Br)C(C(=O)Nc2ccc4ccccc4c2)N([C@@H](CO)[C@@H](C)CC)C(=O)[C@H]13. The van der Waals surface area contributed by atoms with Crippen LogP contribution in [0.25, 0.3) is 10.8 Å². The number of carbonyl (C=O) groups is 3. The topological polar surface area (TPSA) is 98.7 Å². The number of likely N-dealkylation sites (tertiary alicyclic amines) is 1. The summed E-state index contributed by atoms with van der Waals surface area (Å²) in [6, 6.07) is 12.4. The number of nitrogens with one attached hydrogen (secondary N) is 2. The van der Waals surface area contributed by atoms with Gasteiger partial charge in [-0.3, -0.25) is 14.4 Å². The first-order valence-electron chi connectivity index (χ1n) is 13.6. The molecule has 2 bridgehead atoms. The molecular formula is C29H36BrN3O4S. The summed E-state index contributed by atoms with van der Waals surface area (Å²) in [5.74, 6) is -1.70. The number of carbonyl (C=O) groups excluding carboxylic acids is 3. The van der Waals surface area contributed by atoms with Gasteiger partial charge in [-0.1, -0.05) is 73.5 Å². The molecule has 1 spiro atoms. The van der Waals surface area contributed by atoms with E-state index in [-0.39, 0.29) is 40.3 Å². The summed E-state index contributed by atoms with van der Waals surface area (Å²) in [5.41, 5.74) is 0.662. The van der Waals surface area contributed by atoms with Crippen LogP contribution in [0.4, 0.5) is 5.69 Å². The summed E-state index contributed by atoms with van der Waals surface area (Å²) in [5, 5.41) is 18.6. The van der Waals surface area contributed by atoms with Gasteiger partial charge in [-0.05, 0) is 41.7 Å². The van der Waals surface area contributed by atoms with E-state index in [1.807, 2.05) is 63.2 Å². The van der Waals surface area contributed by atoms with E-state index < -0.39 is 28.7 Å². The fourth-order valence-electron chi connectivity index (χ4n) is 6.68. The highest BCUT2D eigenvalue weighted by Crippen LogP contribution is 2.68. The van der Waals surface area contributed by atoms with E-state index in [9.17, 15) is 19.5 Å². The molecule has 9 heteroatoms. The zero-order valence-electron chi connectivity index (χ0n) is 22.0. The number of amides is 3. The van der Waals surface area contributed by atoms with Crippen LogP contribution in [0.1, 0.15) is 40.0 Å². The second kappa shape index (κ2) is 10.8. The van der Waals surface area contributed by atoms with Crippen molar-refractivity contribution < 1.29 is 19.5 Å². The third kappa shape index (κ3) is 4.34. The Morgan fingerprint density at radius 3 is 2.61 bits per heavy atom. The van der Waals surface area contributed by atoms with Gasteiger partial charge < -0.3 is 20.6 Å². The maximum Gasteiger partial charge on any atom is 0.248 e. The number of halogens is 1. The van der Waals surface area contributed by atoms with Gasteiger partial charge in [0.1, 0.15) is 6.04 Å². The Balaban J connectivity index is 1.55. The average Bonchev–Trinajstić information content (AvgIpc) is 3.51. The summed E-state index contributed by atoms with van der Waals surface area (Å²) in [7, 11) is 0. The molecule has 3 saturated heterocycles. The molecule has 3 aliphatic rings. The molecule has 0 saturated carbocycles. The molecule has 3 amide bonds. The lowest BCUT2D eigenvalue weighted by atomic mass is 9.70. The molecule has 204 valence electrons. The quantitative estimate of drug-likeness (QED) is 0.375. The number of benzene rings is 2. The molecule has 3 fully saturated rings. The minimum Gasteiger partial charge on any atom is -0.394 e. The van der Waals surface area contributed by atoms with Crippen molar-refractivity contribution in [3.05, 3.63) is 42.5 Å². The number of hydrogen-bond acceptors (Lipinski definition) is 5. The molecule has 5 rings (SSSR count). The highest BCUT2D eigenvalue weighted by Gasteiger charge is 2.76. The van der Waals surface area contributed by atoms with Crippen LogP contribution in [-0.2, 0) is 14.4 Å². The first-order valence-corrected chi connectivity index (χ1v) is 15.4. The molecular weight excluding hydrogens is 566 g/mol. The van der Waals surface area contributed by atoms with Gasteiger partial charge in [0.05, 0.1) is 29.2 Å². The fourth-order valence-corrected chi connectivity index (χ4v) is 10.3. The van der Waals surface area contributed by atoms with Crippen molar-refractivity contribution >= 4 is 61.9 Å². The molecule has 0 aliphatic carbocycles. The minimum atomic E-state index is -0.795. The van der Waals surface area contributed by atoms with E-state index in [2.05, 4.69) is 26.6 Å². The molecule has 3 N–H and O–H groups in total. The number of hydrogen-bond donors (Lipinski definition) is 3. The largest absolute Gasteiger partial charge is 0.394 e. The molecule has 0 aromatic heterocycles. The number of aliphatic hydroxyl groups excluding tert-OH is 1. The lowest BCUT2D eigenvalue weighted by molar-refractivity contribution is -0.143. The predicted molar refractivity (Wildman–Crippen MR) is 155 cm³/mol.